The first-order valence-electron chi connectivity index (χ1n) is 5.52. The minimum atomic E-state index is -2.80. The van der Waals surface area contributed by atoms with Crippen LogP contribution in [0.4, 0.5) is 8.78 Å². The molecule has 0 saturated carbocycles. The van der Waals surface area contributed by atoms with E-state index in [2.05, 4.69) is 32.9 Å². The second kappa shape index (κ2) is 6.91. The van der Waals surface area contributed by atoms with Gasteiger partial charge in [0.25, 0.3) is 0 Å². The third kappa shape index (κ3) is 4.60. The van der Waals surface area contributed by atoms with Gasteiger partial charge in [0, 0.05) is 16.1 Å². The lowest BCUT2D eigenvalue weighted by Crippen LogP contribution is -2.20. The molecule has 1 N–H and O–H groups in total. The van der Waals surface area contributed by atoms with Crippen molar-refractivity contribution in [1.82, 2.24) is 5.32 Å². The van der Waals surface area contributed by atoms with E-state index in [1.54, 1.807) is 12.1 Å². The molecule has 5 heteroatoms. The molecule has 17 heavy (non-hydrogen) atoms. The van der Waals surface area contributed by atoms with Crippen molar-refractivity contribution in [1.29, 1.82) is 0 Å². The summed E-state index contributed by atoms with van der Waals surface area (Å²) in [5.74, 6) is 0.213. The fraction of sp³-hybridized carbons (Fsp3) is 0.500. The number of alkyl halides is 2. The first kappa shape index (κ1) is 14.4. The molecule has 1 rings (SSSR count). The maximum absolute atomic E-state index is 12.3. The highest BCUT2D eigenvalue weighted by atomic mass is 79.9. The highest BCUT2D eigenvalue weighted by molar-refractivity contribution is 9.10. The van der Waals surface area contributed by atoms with Gasteiger partial charge < -0.3 is 10.1 Å². The third-order valence-electron chi connectivity index (χ3n) is 2.36. The molecule has 1 unspecified atom stereocenters. The van der Waals surface area contributed by atoms with Crippen molar-refractivity contribution < 1.29 is 13.5 Å². The maximum Gasteiger partial charge on any atom is 0.387 e. The van der Waals surface area contributed by atoms with Crippen LogP contribution in [0.3, 0.4) is 0 Å². The quantitative estimate of drug-likeness (QED) is 0.854. The molecule has 0 aliphatic rings. The van der Waals surface area contributed by atoms with Gasteiger partial charge in [0.1, 0.15) is 5.75 Å². The zero-order valence-corrected chi connectivity index (χ0v) is 11.4. The van der Waals surface area contributed by atoms with Crippen LogP contribution in [0.5, 0.6) is 5.75 Å². The number of nitrogens with one attached hydrogen (secondary N) is 1. The van der Waals surface area contributed by atoms with Gasteiger partial charge in [-0.25, -0.2) is 0 Å². The van der Waals surface area contributed by atoms with Crippen LogP contribution in [0, 0.1) is 0 Å². The van der Waals surface area contributed by atoms with E-state index >= 15 is 0 Å². The Morgan fingerprint density at radius 2 is 2.12 bits per heavy atom. The van der Waals surface area contributed by atoms with Crippen molar-refractivity contribution in [3.05, 3.63) is 28.2 Å². The van der Waals surface area contributed by atoms with Crippen LogP contribution in [0.1, 0.15) is 31.9 Å². The monoisotopic (exact) mass is 307 g/mol. The lowest BCUT2D eigenvalue weighted by molar-refractivity contribution is -0.0507. The molecule has 0 spiro atoms. The predicted octanol–water partition coefficient (Wildman–Crippen LogP) is 4.11. The Balaban J connectivity index is 2.88. The Labute approximate surface area is 108 Å². The summed E-state index contributed by atoms with van der Waals surface area (Å²) in [6.07, 6.45) is 0.992. The minimum absolute atomic E-state index is 0.0169. The van der Waals surface area contributed by atoms with Gasteiger partial charge in [-0.3, -0.25) is 0 Å². The lowest BCUT2D eigenvalue weighted by atomic mass is 10.1. The number of benzene rings is 1. The van der Waals surface area contributed by atoms with Crippen molar-refractivity contribution in [3.8, 4) is 5.75 Å². The van der Waals surface area contributed by atoms with Crippen molar-refractivity contribution in [2.45, 2.75) is 32.9 Å². The SMILES string of the molecule is CCCNC(C)c1ccc(Br)cc1OC(F)F. The molecule has 96 valence electrons. The lowest BCUT2D eigenvalue weighted by Gasteiger charge is -2.18. The van der Waals surface area contributed by atoms with Gasteiger partial charge in [-0.2, -0.15) is 8.78 Å². The summed E-state index contributed by atoms with van der Waals surface area (Å²) in [7, 11) is 0. The number of hydrogen-bond donors (Lipinski definition) is 1. The first-order valence-corrected chi connectivity index (χ1v) is 6.31. The second-order valence-electron chi connectivity index (χ2n) is 3.74. The molecular formula is C12H16BrF2NO. The highest BCUT2D eigenvalue weighted by Gasteiger charge is 2.14. The summed E-state index contributed by atoms with van der Waals surface area (Å²) in [6.45, 7) is 2.02. The van der Waals surface area contributed by atoms with Crippen LogP contribution in [0.25, 0.3) is 0 Å². The van der Waals surface area contributed by atoms with E-state index in [1.165, 1.54) is 0 Å². The number of hydrogen-bond acceptors (Lipinski definition) is 2. The van der Waals surface area contributed by atoms with Gasteiger partial charge in [-0.15, -0.1) is 0 Å². The van der Waals surface area contributed by atoms with Crippen molar-refractivity contribution in [3.63, 3.8) is 0 Å². The van der Waals surface area contributed by atoms with Crippen LogP contribution in [0.2, 0.25) is 0 Å². The van der Waals surface area contributed by atoms with Gasteiger partial charge >= 0.3 is 6.61 Å². The zero-order chi connectivity index (χ0) is 12.8. The Bertz CT molecular complexity index is 360. The smallest absolute Gasteiger partial charge is 0.387 e. The Hall–Kier alpha value is -0.680. The summed E-state index contributed by atoms with van der Waals surface area (Å²) in [4.78, 5) is 0. The molecule has 0 aliphatic heterocycles. The maximum atomic E-state index is 12.3. The van der Waals surface area contributed by atoms with E-state index in [-0.39, 0.29) is 11.8 Å². The molecule has 0 amide bonds. The molecule has 0 aliphatic carbocycles. The van der Waals surface area contributed by atoms with E-state index in [0.29, 0.717) is 0 Å². The molecule has 1 atom stereocenters. The second-order valence-corrected chi connectivity index (χ2v) is 4.65. The van der Waals surface area contributed by atoms with Crippen molar-refractivity contribution in [2.24, 2.45) is 0 Å². The Kier molecular flexibility index (Phi) is 5.85. The fourth-order valence-electron chi connectivity index (χ4n) is 1.53. The molecule has 0 saturated heterocycles. The predicted molar refractivity (Wildman–Crippen MR) is 67.5 cm³/mol. The third-order valence-corrected chi connectivity index (χ3v) is 2.85. The van der Waals surface area contributed by atoms with E-state index in [9.17, 15) is 8.78 Å². The van der Waals surface area contributed by atoms with E-state index < -0.39 is 6.61 Å². The molecule has 1 aromatic rings. The zero-order valence-electron chi connectivity index (χ0n) is 9.84. The average Bonchev–Trinajstić information content (AvgIpc) is 2.25. The molecule has 1 aromatic carbocycles. The highest BCUT2D eigenvalue weighted by Crippen LogP contribution is 2.29. The summed E-state index contributed by atoms with van der Waals surface area (Å²) in [6, 6.07) is 5.15. The van der Waals surface area contributed by atoms with Gasteiger partial charge in [-0.05, 0) is 32.0 Å². The van der Waals surface area contributed by atoms with Gasteiger partial charge in [0.2, 0.25) is 0 Å². The standard InChI is InChI=1S/C12H16BrF2NO/c1-3-6-16-8(2)10-5-4-9(13)7-11(10)17-12(14)15/h4-5,7-8,12,16H,3,6H2,1-2H3. The summed E-state index contributed by atoms with van der Waals surface area (Å²) in [5, 5.41) is 3.24. The molecule has 0 bridgehead atoms. The van der Waals surface area contributed by atoms with Crippen molar-refractivity contribution in [2.75, 3.05) is 6.54 Å². The number of ether oxygens (including phenoxy) is 1. The van der Waals surface area contributed by atoms with E-state index in [0.717, 1.165) is 23.0 Å². The average molecular weight is 308 g/mol. The normalized spacial score (nSPS) is 12.8. The molecular weight excluding hydrogens is 292 g/mol. The Morgan fingerprint density at radius 1 is 1.41 bits per heavy atom. The van der Waals surface area contributed by atoms with E-state index in [1.807, 2.05) is 13.0 Å². The number of halogens is 3. The van der Waals surface area contributed by atoms with Crippen LogP contribution in [0.15, 0.2) is 22.7 Å². The molecule has 2 nitrogen and oxygen atoms in total. The van der Waals surface area contributed by atoms with Crippen LogP contribution in [-0.2, 0) is 0 Å². The largest absolute Gasteiger partial charge is 0.434 e. The molecule has 0 fully saturated rings. The summed E-state index contributed by atoms with van der Waals surface area (Å²) < 4.78 is 29.8. The summed E-state index contributed by atoms with van der Waals surface area (Å²) in [5.41, 5.74) is 0.738. The van der Waals surface area contributed by atoms with Crippen LogP contribution < -0.4 is 10.1 Å². The number of rotatable bonds is 6. The molecule has 0 heterocycles. The first-order chi connectivity index (χ1) is 8.04. The van der Waals surface area contributed by atoms with Crippen LogP contribution in [-0.4, -0.2) is 13.2 Å². The molecule has 0 radical (unpaired) electrons. The van der Waals surface area contributed by atoms with Gasteiger partial charge in [0.05, 0.1) is 0 Å². The Morgan fingerprint density at radius 3 is 2.71 bits per heavy atom. The minimum Gasteiger partial charge on any atom is -0.434 e. The van der Waals surface area contributed by atoms with Gasteiger partial charge in [-0.1, -0.05) is 28.9 Å². The van der Waals surface area contributed by atoms with Crippen LogP contribution >= 0.6 is 15.9 Å². The fourth-order valence-corrected chi connectivity index (χ4v) is 1.87. The summed E-state index contributed by atoms with van der Waals surface area (Å²) >= 11 is 3.24. The van der Waals surface area contributed by atoms with Crippen molar-refractivity contribution >= 4 is 15.9 Å². The van der Waals surface area contributed by atoms with E-state index in [4.69, 9.17) is 0 Å². The molecule has 0 aromatic heterocycles. The topological polar surface area (TPSA) is 21.3 Å². The van der Waals surface area contributed by atoms with Gasteiger partial charge in [0.15, 0.2) is 0 Å².